The highest BCUT2D eigenvalue weighted by Gasteiger charge is 2.16. The summed E-state index contributed by atoms with van der Waals surface area (Å²) >= 11 is 6.23. The third-order valence-corrected chi connectivity index (χ3v) is 5.97. The van der Waals surface area contributed by atoms with Crippen molar-refractivity contribution in [2.45, 2.75) is 12.3 Å². The van der Waals surface area contributed by atoms with E-state index in [0.29, 0.717) is 10.9 Å². The third kappa shape index (κ3) is 4.23. The standard InChI is InChI=1S/C27H23ClN4/c28-22-13-7-12-21(16-22)24-17-30-27-25(24)26(31-18-32-27)29-15-14-23(19-8-3-1-4-9-19)20-10-5-2-6-11-20/h1-13,16-18,23H,14-15H2,(H2,29,30,31,32). The lowest BCUT2D eigenvalue weighted by Gasteiger charge is -2.19. The van der Waals surface area contributed by atoms with Crippen molar-refractivity contribution in [1.29, 1.82) is 0 Å². The van der Waals surface area contributed by atoms with Crippen molar-refractivity contribution < 1.29 is 0 Å². The molecule has 5 heteroatoms. The Kier molecular flexibility index (Phi) is 5.86. The number of hydrogen-bond donors (Lipinski definition) is 2. The second kappa shape index (κ2) is 9.25. The zero-order chi connectivity index (χ0) is 21.8. The lowest BCUT2D eigenvalue weighted by atomic mass is 9.88. The van der Waals surface area contributed by atoms with Gasteiger partial charge in [-0.3, -0.25) is 0 Å². The molecule has 158 valence electrons. The van der Waals surface area contributed by atoms with Crippen LogP contribution in [0.5, 0.6) is 0 Å². The minimum absolute atomic E-state index is 0.306. The first kappa shape index (κ1) is 20.3. The summed E-state index contributed by atoms with van der Waals surface area (Å²) in [5.74, 6) is 1.13. The van der Waals surface area contributed by atoms with Crippen molar-refractivity contribution in [3.05, 3.63) is 114 Å². The Bertz CT molecular complexity index is 1280. The molecule has 0 atom stereocenters. The SMILES string of the molecule is Clc1cccc(-c2c[nH]c3ncnc(NCCC(c4ccccc4)c4ccccc4)c23)c1. The Morgan fingerprint density at radius 1 is 0.844 bits per heavy atom. The van der Waals surface area contributed by atoms with Gasteiger partial charge in [-0.15, -0.1) is 0 Å². The molecule has 0 spiro atoms. The molecule has 0 radical (unpaired) electrons. The molecule has 0 bridgehead atoms. The average Bonchev–Trinajstić information content (AvgIpc) is 3.28. The number of rotatable bonds is 7. The van der Waals surface area contributed by atoms with Crippen LogP contribution in [0.15, 0.2) is 97.5 Å². The van der Waals surface area contributed by atoms with Gasteiger partial charge in [0.15, 0.2) is 0 Å². The van der Waals surface area contributed by atoms with Gasteiger partial charge in [0.05, 0.1) is 5.39 Å². The zero-order valence-electron chi connectivity index (χ0n) is 17.5. The molecule has 0 unspecified atom stereocenters. The zero-order valence-corrected chi connectivity index (χ0v) is 18.3. The molecule has 0 aliphatic heterocycles. The minimum Gasteiger partial charge on any atom is -0.369 e. The van der Waals surface area contributed by atoms with Gasteiger partial charge in [0, 0.05) is 29.2 Å². The van der Waals surface area contributed by atoms with Gasteiger partial charge in [0.2, 0.25) is 0 Å². The Labute approximate surface area is 192 Å². The van der Waals surface area contributed by atoms with E-state index in [1.54, 1.807) is 6.33 Å². The predicted molar refractivity (Wildman–Crippen MR) is 132 cm³/mol. The Hall–Kier alpha value is -3.63. The molecule has 0 aliphatic rings. The number of anilines is 1. The number of H-pyrrole nitrogens is 1. The number of aromatic nitrogens is 3. The minimum atomic E-state index is 0.306. The van der Waals surface area contributed by atoms with Gasteiger partial charge in [-0.2, -0.15) is 0 Å². The number of nitrogens with zero attached hydrogens (tertiary/aromatic N) is 2. The number of aromatic amines is 1. The van der Waals surface area contributed by atoms with Crippen LogP contribution < -0.4 is 5.32 Å². The maximum atomic E-state index is 6.23. The van der Waals surface area contributed by atoms with E-state index in [-0.39, 0.29) is 0 Å². The topological polar surface area (TPSA) is 53.6 Å². The van der Waals surface area contributed by atoms with Crippen molar-refractivity contribution in [3.8, 4) is 11.1 Å². The van der Waals surface area contributed by atoms with Crippen molar-refractivity contribution in [1.82, 2.24) is 15.0 Å². The molecule has 2 heterocycles. The first-order valence-corrected chi connectivity index (χ1v) is 11.1. The van der Waals surface area contributed by atoms with E-state index in [0.717, 1.165) is 40.9 Å². The Balaban J connectivity index is 1.42. The van der Waals surface area contributed by atoms with Crippen LogP contribution in [0.4, 0.5) is 5.82 Å². The average molecular weight is 439 g/mol. The van der Waals surface area contributed by atoms with E-state index in [1.807, 2.05) is 30.5 Å². The second-order valence-corrected chi connectivity index (χ2v) is 8.18. The summed E-state index contributed by atoms with van der Waals surface area (Å²) < 4.78 is 0. The molecule has 5 aromatic rings. The molecule has 0 amide bonds. The molecule has 2 aromatic heterocycles. The van der Waals surface area contributed by atoms with Crippen LogP contribution in [0.25, 0.3) is 22.2 Å². The first-order chi connectivity index (χ1) is 15.8. The summed E-state index contributed by atoms with van der Waals surface area (Å²) in [4.78, 5) is 12.2. The molecule has 0 saturated heterocycles. The molecule has 32 heavy (non-hydrogen) atoms. The van der Waals surface area contributed by atoms with Crippen LogP contribution in [0, 0.1) is 0 Å². The number of benzene rings is 3. The van der Waals surface area contributed by atoms with Crippen LogP contribution in [0.1, 0.15) is 23.5 Å². The van der Waals surface area contributed by atoms with Crippen molar-refractivity contribution >= 4 is 28.5 Å². The van der Waals surface area contributed by atoms with Crippen molar-refractivity contribution in [3.63, 3.8) is 0 Å². The third-order valence-electron chi connectivity index (χ3n) is 5.73. The van der Waals surface area contributed by atoms with Gasteiger partial charge in [0.1, 0.15) is 17.8 Å². The van der Waals surface area contributed by atoms with E-state index in [4.69, 9.17) is 11.6 Å². The normalized spacial score (nSPS) is 11.2. The number of nitrogens with one attached hydrogen (secondary N) is 2. The van der Waals surface area contributed by atoms with Gasteiger partial charge >= 0.3 is 0 Å². The van der Waals surface area contributed by atoms with Gasteiger partial charge in [-0.25, -0.2) is 9.97 Å². The van der Waals surface area contributed by atoms with Gasteiger partial charge in [-0.1, -0.05) is 84.4 Å². The maximum absolute atomic E-state index is 6.23. The molecule has 3 aromatic carbocycles. The summed E-state index contributed by atoms with van der Waals surface area (Å²) in [6, 6.07) is 29.2. The summed E-state index contributed by atoms with van der Waals surface area (Å²) in [6.45, 7) is 0.779. The number of fused-ring (bicyclic) bond motifs is 1. The predicted octanol–water partition coefficient (Wildman–Crippen LogP) is 6.91. The summed E-state index contributed by atoms with van der Waals surface area (Å²) in [5.41, 5.74) is 5.51. The van der Waals surface area contributed by atoms with Gasteiger partial charge < -0.3 is 10.3 Å². The van der Waals surface area contributed by atoms with E-state index < -0.39 is 0 Å². The maximum Gasteiger partial charge on any atom is 0.143 e. The van der Waals surface area contributed by atoms with Crippen LogP contribution in [-0.2, 0) is 0 Å². The van der Waals surface area contributed by atoms with E-state index >= 15 is 0 Å². The van der Waals surface area contributed by atoms with Crippen molar-refractivity contribution in [2.24, 2.45) is 0 Å². The highest BCUT2D eigenvalue weighted by atomic mass is 35.5. The molecule has 5 rings (SSSR count). The van der Waals surface area contributed by atoms with E-state index in [1.165, 1.54) is 11.1 Å². The Morgan fingerprint density at radius 2 is 1.56 bits per heavy atom. The first-order valence-electron chi connectivity index (χ1n) is 10.7. The summed E-state index contributed by atoms with van der Waals surface area (Å²) in [6.07, 6.45) is 4.50. The highest BCUT2D eigenvalue weighted by Crippen LogP contribution is 2.33. The Morgan fingerprint density at radius 3 is 2.25 bits per heavy atom. The number of halogens is 1. The van der Waals surface area contributed by atoms with Crippen molar-refractivity contribution in [2.75, 3.05) is 11.9 Å². The van der Waals surface area contributed by atoms with Crippen LogP contribution >= 0.6 is 11.6 Å². The lowest BCUT2D eigenvalue weighted by Crippen LogP contribution is -2.10. The highest BCUT2D eigenvalue weighted by molar-refractivity contribution is 6.31. The molecular formula is C27H23ClN4. The van der Waals surface area contributed by atoms with Gasteiger partial charge in [0.25, 0.3) is 0 Å². The molecule has 2 N–H and O–H groups in total. The fraction of sp³-hybridized carbons (Fsp3) is 0.111. The summed E-state index contributed by atoms with van der Waals surface area (Å²) in [7, 11) is 0. The van der Waals surface area contributed by atoms with E-state index in [2.05, 4.69) is 80.9 Å². The molecule has 0 aliphatic carbocycles. The summed E-state index contributed by atoms with van der Waals surface area (Å²) in [5, 5.41) is 5.25. The van der Waals surface area contributed by atoms with Crippen LogP contribution in [0.2, 0.25) is 5.02 Å². The van der Waals surface area contributed by atoms with Crippen LogP contribution in [-0.4, -0.2) is 21.5 Å². The largest absolute Gasteiger partial charge is 0.369 e. The number of hydrogen-bond acceptors (Lipinski definition) is 3. The quantitative estimate of drug-likeness (QED) is 0.290. The molecular weight excluding hydrogens is 416 g/mol. The van der Waals surface area contributed by atoms with E-state index in [9.17, 15) is 0 Å². The monoisotopic (exact) mass is 438 g/mol. The smallest absolute Gasteiger partial charge is 0.143 e. The van der Waals surface area contributed by atoms with Crippen LogP contribution in [0.3, 0.4) is 0 Å². The molecule has 4 nitrogen and oxygen atoms in total. The fourth-order valence-corrected chi connectivity index (χ4v) is 4.40. The molecule has 0 fully saturated rings. The lowest BCUT2D eigenvalue weighted by molar-refractivity contribution is 0.743. The van der Waals surface area contributed by atoms with Gasteiger partial charge in [-0.05, 0) is 35.2 Å². The fourth-order valence-electron chi connectivity index (χ4n) is 4.21. The molecule has 0 saturated carbocycles. The second-order valence-electron chi connectivity index (χ2n) is 7.75.